The first-order valence-electron chi connectivity index (χ1n) is 7.41. The Morgan fingerprint density at radius 3 is 2.52 bits per heavy atom. The summed E-state index contributed by atoms with van der Waals surface area (Å²) < 4.78 is 38.6. The molecule has 2 aromatic carbocycles. The van der Waals surface area contributed by atoms with E-state index in [1.165, 1.54) is 18.2 Å². The lowest BCUT2D eigenvalue weighted by atomic mass is 10.2. The first-order chi connectivity index (χ1) is 11.7. The van der Waals surface area contributed by atoms with Crippen molar-refractivity contribution >= 4 is 33.2 Å². The number of hydrogen-bond donors (Lipinski definition) is 1. The third-order valence-electron chi connectivity index (χ3n) is 3.56. The van der Waals surface area contributed by atoms with Gasteiger partial charge in [0.2, 0.25) is 15.9 Å². The summed E-state index contributed by atoms with van der Waals surface area (Å²) in [5.74, 6) is -1.04. The minimum atomic E-state index is -3.70. The Labute approximate surface area is 151 Å². The number of rotatable bonds is 6. The van der Waals surface area contributed by atoms with Crippen molar-refractivity contribution in [2.45, 2.75) is 13.5 Å². The van der Waals surface area contributed by atoms with Gasteiger partial charge < -0.3 is 5.32 Å². The lowest BCUT2D eigenvalue weighted by Crippen LogP contribution is -2.37. The zero-order chi connectivity index (χ0) is 18.6. The van der Waals surface area contributed by atoms with Gasteiger partial charge in [-0.05, 0) is 36.8 Å². The number of amides is 1. The van der Waals surface area contributed by atoms with Crippen LogP contribution in [0, 0.1) is 12.7 Å². The van der Waals surface area contributed by atoms with Gasteiger partial charge in [-0.1, -0.05) is 29.8 Å². The summed E-state index contributed by atoms with van der Waals surface area (Å²) in [5, 5.41) is 3.18. The molecule has 0 spiro atoms. The average Bonchev–Trinajstić information content (AvgIpc) is 2.50. The van der Waals surface area contributed by atoms with E-state index in [1.807, 2.05) is 0 Å². The minimum absolute atomic E-state index is 0.198. The Kier molecular flexibility index (Phi) is 6.16. The molecule has 0 atom stereocenters. The third kappa shape index (κ3) is 5.52. The minimum Gasteiger partial charge on any atom is -0.325 e. The normalized spacial score (nSPS) is 11.6. The van der Waals surface area contributed by atoms with Gasteiger partial charge in [0.1, 0.15) is 5.82 Å². The van der Waals surface area contributed by atoms with E-state index in [9.17, 15) is 17.6 Å². The molecule has 5 nitrogen and oxygen atoms in total. The number of hydrogen-bond acceptors (Lipinski definition) is 3. The lowest BCUT2D eigenvalue weighted by molar-refractivity contribution is -0.116. The van der Waals surface area contributed by atoms with Gasteiger partial charge in [-0.3, -0.25) is 4.79 Å². The van der Waals surface area contributed by atoms with Crippen LogP contribution in [0.5, 0.6) is 0 Å². The number of carbonyl (C=O) groups is 1. The quantitative estimate of drug-likeness (QED) is 0.831. The van der Waals surface area contributed by atoms with Gasteiger partial charge in [0.15, 0.2) is 0 Å². The SMILES string of the molecule is Cc1cc(Cl)ccc1NC(=O)CN(Cc1ccccc1F)S(C)(=O)=O. The second-order valence-corrected chi connectivity index (χ2v) is 8.05. The van der Waals surface area contributed by atoms with Crippen molar-refractivity contribution in [3.63, 3.8) is 0 Å². The monoisotopic (exact) mass is 384 g/mol. The highest BCUT2D eigenvalue weighted by Gasteiger charge is 2.22. The zero-order valence-electron chi connectivity index (χ0n) is 13.8. The molecule has 25 heavy (non-hydrogen) atoms. The summed E-state index contributed by atoms with van der Waals surface area (Å²) in [6.07, 6.45) is 0.981. The van der Waals surface area contributed by atoms with E-state index in [1.54, 1.807) is 31.2 Å². The van der Waals surface area contributed by atoms with Crippen LogP contribution < -0.4 is 5.32 Å². The van der Waals surface area contributed by atoms with Gasteiger partial charge in [-0.15, -0.1) is 0 Å². The molecule has 0 aromatic heterocycles. The molecule has 0 unspecified atom stereocenters. The highest BCUT2D eigenvalue weighted by Crippen LogP contribution is 2.20. The standard InChI is InChI=1S/C17H18ClFN2O3S/c1-12-9-14(18)7-8-16(12)20-17(22)11-21(25(2,23)24)10-13-5-3-4-6-15(13)19/h3-9H,10-11H2,1-2H3,(H,20,22). The zero-order valence-corrected chi connectivity index (χ0v) is 15.4. The van der Waals surface area contributed by atoms with E-state index in [0.717, 1.165) is 16.1 Å². The summed E-state index contributed by atoms with van der Waals surface area (Å²) in [7, 11) is -3.70. The molecule has 2 aromatic rings. The van der Waals surface area contributed by atoms with Crippen LogP contribution in [0.3, 0.4) is 0 Å². The molecule has 0 saturated carbocycles. The maximum absolute atomic E-state index is 13.8. The van der Waals surface area contributed by atoms with Crippen LogP contribution >= 0.6 is 11.6 Å². The van der Waals surface area contributed by atoms with Gasteiger partial charge >= 0.3 is 0 Å². The fourth-order valence-electron chi connectivity index (χ4n) is 2.22. The summed E-state index contributed by atoms with van der Waals surface area (Å²) in [5.41, 5.74) is 1.48. The number of anilines is 1. The molecule has 8 heteroatoms. The molecule has 0 aliphatic carbocycles. The van der Waals surface area contributed by atoms with E-state index in [4.69, 9.17) is 11.6 Å². The first kappa shape index (κ1) is 19.4. The lowest BCUT2D eigenvalue weighted by Gasteiger charge is -2.20. The second kappa shape index (κ2) is 7.95. The van der Waals surface area contributed by atoms with Crippen LogP contribution in [-0.2, 0) is 21.4 Å². The number of sulfonamides is 1. The Balaban J connectivity index is 2.14. The van der Waals surface area contributed by atoms with Gasteiger partial charge in [0, 0.05) is 22.8 Å². The molecule has 1 amide bonds. The van der Waals surface area contributed by atoms with Crippen molar-refractivity contribution in [3.05, 3.63) is 64.4 Å². The summed E-state index contributed by atoms with van der Waals surface area (Å²) in [4.78, 5) is 12.2. The Bertz CT molecular complexity index is 887. The predicted octanol–water partition coefficient (Wildman–Crippen LogP) is 3.19. The van der Waals surface area contributed by atoms with Crippen molar-refractivity contribution in [3.8, 4) is 0 Å². The number of benzene rings is 2. The molecular weight excluding hydrogens is 367 g/mol. The van der Waals surface area contributed by atoms with Crippen molar-refractivity contribution < 1.29 is 17.6 Å². The van der Waals surface area contributed by atoms with Crippen LogP contribution in [0.25, 0.3) is 0 Å². The van der Waals surface area contributed by atoms with E-state index in [0.29, 0.717) is 10.7 Å². The summed E-state index contributed by atoms with van der Waals surface area (Å²) in [6, 6.07) is 10.8. The Hall–Kier alpha value is -1.96. The number of nitrogens with zero attached hydrogens (tertiary/aromatic N) is 1. The van der Waals surface area contributed by atoms with Crippen molar-refractivity contribution in [1.82, 2.24) is 4.31 Å². The smallest absolute Gasteiger partial charge is 0.239 e. The number of nitrogens with one attached hydrogen (secondary N) is 1. The second-order valence-electron chi connectivity index (χ2n) is 5.63. The largest absolute Gasteiger partial charge is 0.325 e. The molecule has 0 aliphatic rings. The molecule has 1 N–H and O–H groups in total. The van der Waals surface area contributed by atoms with Crippen molar-refractivity contribution in [2.24, 2.45) is 0 Å². The average molecular weight is 385 g/mol. The molecule has 0 radical (unpaired) electrons. The maximum Gasteiger partial charge on any atom is 0.239 e. The molecule has 0 bridgehead atoms. The molecule has 2 rings (SSSR count). The van der Waals surface area contributed by atoms with E-state index in [2.05, 4.69) is 5.32 Å². The molecule has 0 aliphatic heterocycles. The highest BCUT2D eigenvalue weighted by atomic mass is 35.5. The fourth-order valence-corrected chi connectivity index (χ4v) is 3.18. The van der Waals surface area contributed by atoms with E-state index < -0.39 is 28.3 Å². The van der Waals surface area contributed by atoms with Crippen molar-refractivity contribution in [1.29, 1.82) is 0 Å². The van der Waals surface area contributed by atoms with E-state index in [-0.39, 0.29) is 12.1 Å². The molecular formula is C17H18ClFN2O3S. The highest BCUT2D eigenvalue weighted by molar-refractivity contribution is 7.88. The molecule has 134 valence electrons. The first-order valence-corrected chi connectivity index (χ1v) is 9.64. The Morgan fingerprint density at radius 1 is 1.24 bits per heavy atom. The van der Waals surface area contributed by atoms with Crippen LogP contribution in [0.4, 0.5) is 10.1 Å². The van der Waals surface area contributed by atoms with E-state index >= 15 is 0 Å². The summed E-state index contributed by atoms with van der Waals surface area (Å²) >= 11 is 5.87. The molecule has 0 fully saturated rings. The van der Waals surface area contributed by atoms with Crippen LogP contribution in [-0.4, -0.2) is 31.4 Å². The number of aryl methyl sites for hydroxylation is 1. The fraction of sp³-hybridized carbons (Fsp3) is 0.235. The van der Waals surface area contributed by atoms with Gasteiger partial charge in [0.25, 0.3) is 0 Å². The summed E-state index contributed by atoms with van der Waals surface area (Å²) in [6.45, 7) is 1.13. The topological polar surface area (TPSA) is 66.5 Å². The molecule has 0 heterocycles. The van der Waals surface area contributed by atoms with Crippen LogP contribution in [0.2, 0.25) is 5.02 Å². The van der Waals surface area contributed by atoms with Gasteiger partial charge in [0.05, 0.1) is 12.8 Å². The predicted molar refractivity (Wildman–Crippen MR) is 96.5 cm³/mol. The number of halogens is 2. The maximum atomic E-state index is 13.8. The Morgan fingerprint density at radius 2 is 1.92 bits per heavy atom. The van der Waals surface area contributed by atoms with Gasteiger partial charge in [-0.2, -0.15) is 4.31 Å². The molecule has 0 saturated heterocycles. The van der Waals surface area contributed by atoms with Crippen LogP contribution in [0.1, 0.15) is 11.1 Å². The van der Waals surface area contributed by atoms with Gasteiger partial charge in [-0.25, -0.2) is 12.8 Å². The third-order valence-corrected chi connectivity index (χ3v) is 4.99. The van der Waals surface area contributed by atoms with Crippen LogP contribution in [0.15, 0.2) is 42.5 Å². The van der Waals surface area contributed by atoms with Crippen molar-refractivity contribution in [2.75, 3.05) is 18.1 Å². The number of carbonyl (C=O) groups excluding carboxylic acids is 1.